The maximum Gasteiger partial charge on any atom is 0.274 e. The van der Waals surface area contributed by atoms with Crippen molar-refractivity contribution in [1.82, 2.24) is 25.1 Å². The van der Waals surface area contributed by atoms with Crippen LogP contribution < -0.4 is 5.32 Å². The highest BCUT2D eigenvalue weighted by molar-refractivity contribution is 5.92. The molecule has 0 radical (unpaired) electrons. The highest BCUT2D eigenvalue weighted by atomic mass is 16.2. The number of piperidine rings is 1. The third-order valence-electron chi connectivity index (χ3n) is 4.77. The summed E-state index contributed by atoms with van der Waals surface area (Å²) in [6.07, 6.45) is 5.81. The molecular weight excluding hydrogens is 304 g/mol. The monoisotopic (exact) mass is 326 g/mol. The Morgan fingerprint density at radius 1 is 1.21 bits per heavy atom. The number of H-pyrrole nitrogens is 1. The lowest BCUT2D eigenvalue weighted by Gasteiger charge is -2.32. The van der Waals surface area contributed by atoms with Crippen molar-refractivity contribution in [1.29, 1.82) is 0 Å². The standard InChI is InChI=1S/C17H22N6O/c1-11-8-16(19-10-18-11)20-13-4-6-23(7-5-13)17(24)15-9-14(21-22-15)12-2-3-12/h8-10,12-13H,2-7H2,1H3,(H,21,22)(H,18,19,20). The summed E-state index contributed by atoms with van der Waals surface area (Å²) in [5.74, 6) is 1.48. The zero-order valence-corrected chi connectivity index (χ0v) is 13.8. The minimum Gasteiger partial charge on any atom is -0.367 e. The fraction of sp³-hybridized carbons (Fsp3) is 0.529. The lowest BCUT2D eigenvalue weighted by molar-refractivity contribution is 0.0712. The van der Waals surface area contributed by atoms with Crippen LogP contribution in [-0.2, 0) is 0 Å². The van der Waals surface area contributed by atoms with Crippen LogP contribution in [0.25, 0.3) is 0 Å². The second-order valence-electron chi connectivity index (χ2n) is 6.74. The van der Waals surface area contributed by atoms with E-state index in [0.29, 0.717) is 17.7 Å². The Bertz CT molecular complexity index is 730. The van der Waals surface area contributed by atoms with Crippen molar-refractivity contribution < 1.29 is 4.79 Å². The maximum absolute atomic E-state index is 12.6. The third-order valence-corrected chi connectivity index (χ3v) is 4.77. The molecule has 1 aliphatic carbocycles. The third kappa shape index (κ3) is 3.25. The average Bonchev–Trinajstić information content (AvgIpc) is 3.32. The van der Waals surface area contributed by atoms with Gasteiger partial charge in [-0.15, -0.1) is 0 Å². The van der Waals surface area contributed by atoms with E-state index < -0.39 is 0 Å². The topological polar surface area (TPSA) is 86.8 Å². The van der Waals surface area contributed by atoms with Gasteiger partial charge in [0.25, 0.3) is 5.91 Å². The van der Waals surface area contributed by atoms with Crippen molar-refractivity contribution in [3.63, 3.8) is 0 Å². The van der Waals surface area contributed by atoms with E-state index in [-0.39, 0.29) is 5.91 Å². The van der Waals surface area contributed by atoms with Crippen LogP contribution in [0.4, 0.5) is 5.82 Å². The van der Waals surface area contributed by atoms with Crippen LogP contribution in [0.1, 0.15) is 53.5 Å². The number of rotatable bonds is 4. The summed E-state index contributed by atoms with van der Waals surface area (Å²) in [5, 5.41) is 10.6. The number of nitrogens with one attached hydrogen (secondary N) is 2. The number of hydrogen-bond donors (Lipinski definition) is 2. The molecule has 3 heterocycles. The summed E-state index contributed by atoms with van der Waals surface area (Å²) >= 11 is 0. The van der Waals surface area contributed by atoms with Crippen molar-refractivity contribution >= 4 is 11.7 Å². The molecule has 2 aliphatic rings. The highest BCUT2D eigenvalue weighted by Crippen LogP contribution is 2.39. The fourth-order valence-corrected chi connectivity index (χ4v) is 3.18. The van der Waals surface area contributed by atoms with E-state index in [4.69, 9.17) is 0 Å². The molecule has 1 saturated carbocycles. The van der Waals surface area contributed by atoms with Gasteiger partial charge in [0, 0.05) is 42.5 Å². The first-order valence-corrected chi connectivity index (χ1v) is 8.59. The van der Waals surface area contributed by atoms with Crippen LogP contribution in [0.5, 0.6) is 0 Å². The summed E-state index contributed by atoms with van der Waals surface area (Å²) in [4.78, 5) is 22.8. The second kappa shape index (κ2) is 6.22. The lowest BCUT2D eigenvalue weighted by Crippen LogP contribution is -2.42. The van der Waals surface area contributed by atoms with Crippen LogP contribution >= 0.6 is 0 Å². The molecule has 0 bridgehead atoms. The molecule has 7 heteroatoms. The quantitative estimate of drug-likeness (QED) is 0.898. The zero-order chi connectivity index (χ0) is 16.5. The number of likely N-dealkylation sites (tertiary alicyclic amines) is 1. The Morgan fingerprint density at radius 2 is 2.00 bits per heavy atom. The first-order valence-electron chi connectivity index (χ1n) is 8.59. The number of aromatic nitrogens is 4. The molecule has 2 fully saturated rings. The molecular formula is C17H22N6O. The number of anilines is 1. The van der Waals surface area contributed by atoms with Crippen LogP contribution in [0, 0.1) is 6.92 Å². The first kappa shape index (κ1) is 15.1. The second-order valence-corrected chi connectivity index (χ2v) is 6.74. The Labute approximate surface area is 140 Å². The number of amides is 1. The van der Waals surface area contributed by atoms with Crippen LogP contribution in [-0.4, -0.2) is 50.1 Å². The molecule has 0 aromatic carbocycles. The minimum absolute atomic E-state index is 0.0366. The Hall–Kier alpha value is -2.44. The largest absolute Gasteiger partial charge is 0.367 e. The molecule has 4 rings (SSSR count). The number of carbonyl (C=O) groups is 1. The van der Waals surface area contributed by atoms with Crippen molar-refractivity contribution in [2.75, 3.05) is 18.4 Å². The molecule has 24 heavy (non-hydrogen) atoms. The summed E-state index contributed by atoms with van der Waals surface area (Å²) in [6.45, 7) is 3.44. The number of nitrogens with zero attached hydrogens (tertiary/aromatic N) is 4. The molecule has 1 amide bonds. The van der Waals surface area contributed by atoms with Gasteiger partial charge < -0.3 is 10.2 Å². The predicted molar refractivity (Wildman–Crippen MR) is 89.9 cm³/mol. The molecule has 2 aromatic heterocycles. The van der Waals surface area contributed by atoms with E-state index in [1.54, 1.807) is 6.33 Å². The van der Waals surface area contributed by atoms with Crippen LogP contribution in [0.2, 0.25) is 0 Å². The van der Waals surface area contributed by atoms with Crippen molar-refractivity contribution in [3.8, 4) is 0 Å². The fourth-order valence-electron chi connectivity index (χ4n) is 3.18. The van der Waals surface area contributed by atoms with Gasteiger partial charge in [0.1, 0.15) is 17.8 Å². The van der Waals surface area contributed by atoms with Crippen molar-refractivity contribution in [3.05, 3.63) is 35.5 Å². The molecule has 0 atom stereocenters. The molecule has 1 saturated heterocycles. The highest BCUT2D eigenvalue weighted by Gasteiger charge is 2.29. The van der Waals surface area contributed by atoms with Gasteiger partial charge >= 0.3 is 0 Å². The summed E-state index contributed by atoms with van der Waals surface area (Å²) in [5.41, 5.74) is 2.61. The molecule has 2 N–H and O–H groups in total. The SMILES string of the molecule is Cc1cc(NC2CCN(C(=O)c3cc(C4CC4)[nH]n3)CC2)ncn1. The minimum atomic E-state index is 0.0366. The molecule has 2 aromatic rings. The van der Waals surface area contributed by atoms with E-state index in [2.05, 4.69) is 25.5 Å². The summed E-state index contributed by atoms with van der Waals surface area (Å²) < 4.78 is 0. The molecule has 0 spiro atoms. The van der Waals surface area contributed by atoms with E-state index >= 15 is 0 Å². The molecule has 1 aliphatic heterocycles. The van der Waals surface area contributed by atoms with Crippen LogP contribution in [0.3, 0.4) is 0 Å². The van der Waals surface area contributed by atoms with Gasteiger partial charge in [0.15, 0.2) is 0 Å². The van der Waals surface area contributed by atoms with Gasteiger partial charge in [0.05, 0.1) is 0 Å². The molecule has 126 valence electrons. The van der Waals surface area contributed by atoms with Gasteiger partial charge in [-0.25, -0.2) is 9.97 Å². The number of aromatic amines is 1. The normalized spacial score (nSPS) is 18.6. The van der Waals surface area contributed by atoms with Crippen LogP contribution in [0.15, 0.2) is 18.5 Å². The number of carbonyl (C=O) groups excluding carboxylic acids is 1. The van der Waals surface area contributed by atoms with Gasteiger partial charge in [-0.1, -0.05) is 0 Å². The van der Waals surface area contributed by atoms with Gasteiger partial charge in [0.2, 0.25) is 0 Å². The van der Waals surface area contributed by atoms with Crippen molar-refractivity contribution in [2.24, 2.45) is 0 Å². The molecule has 0 unspecified atom stereocenters. The molecule has 7 nitrogen and oxygen atoms in total. The van der Waals surface area contributed by atoms with Crippen molar-refractivity contribution in [2.45, 2.75) is 44.6 Å². The maximum atomic E-state index is 12.6. The van der Waals surface area contributed by atoms with E-state index in [9.17, 15) is 4.79 Å². The van der Waals surface area contributed by atoms with Gasteiger partial charge in [-0.05, 0) is 38.7 Å². The number of aryl methyl sites for hydroxylation is 1. The predicted octanol–water partition coefficient (Wildman–Crippen LogP) is 2.10. The Kier molecular flexibility index (Phi) is 3.92. The van der Waals surface area contributed by atoms with Gasteiger partial charge in [-0.2, -0.15) is 5.10 Å². The summed E-state index contributed by atoms with van der Waals surface area (Å²) in [7, 11) is 0. The first-order chi connectivity index (χ1) is 11.7. The Balaban J connectivity index is 1.32. The summed E-state index contributed by atoms with van der Waals surface area (Å²) in [6, 6.07) is 4.21. The number of hydrogen-bond acceptors (Lipinski definition) is 5. The lowest BCUT2D eigenvalue weighted by atomic mass is 10.0. The zero-order valence-electron chi connectivity index (χ0n) is 13.8. The van der Waals surface area contributed by atoms with E-state index in [1.165, 1.54) is 12.8 Å². The van der Waals surface area contributed by atoms with E-state index in [1.807, 2.05) is 24.0 Å². The average molecular weight is 326 g/mol. The van der Waals surface area contributed by atoms with Gasteiger partial charge in [-0.3, -0.25) is 9.89 Å². The van der Waals surface area contributed by atoms with E-state index in [0.717, 1.165) is 43.1 Å². The Morgan fingerprint density at radius 3 is 2.71 bits per heavy atom. The smallest absolute Gasteiger partial charge is 0.274 e.